The largest absolute Gasteiger partial charge is 0.371 e. The Labute approximate surface area is 130 Å². The zero-order valence-corrected chi connectivity index (χ0v) is 14.2. The highest BCUT2D eigenvalue weighted by molar-refractivity contribution is 9.08. The van der Waals surface area contributed by atoms with E-state index in [0.717, 1.165) is 16.3 Å². The second-order valence-corrected chi connectivity index (χ2v) is 6.60. The minimum Gasteiger partial charge on any atom is -0.371 e. The van der Waals surface area contributed by atoms with Crippen LogP contribution in [0.4, 0.5) is 5.69 Å². The SMILES string of the molecule is CCC1CCC(N(C)c2cc(Cl)ccc2CBr)CC1. The molecule has 106 valence electrons. The monoisotopic (exact) mass is 343 g/mol. The second-order valence-electron chi connectivity index (χ2n) is 5.60. The van der Waals surface area contributed by atoms with Crippen LogP contribution in [-0.4, -0.2) is 13.1 Å². The van der Waals surface area contributed by atoms with Gasteiger partial charge in [-0.1, -0.05) is 46.9 Å². The topological polar surface area (TPSA) is 3.24 Å². The predicted octanol–water partition coefficient (Wildman–Crippen LogP) is 5.64. The van der Waals surface area contributed by atoms with Crippen molar-refractivity contribution in [2.24, 2.45) is 5.92 Å². The third-order valence-electron chi connectivity index (χ3n) is 4.51. The van der Waals surface area contributed by atoms with Crippen LogP contribution in [0.3, 0.4) is 0 Å². The van der Waals surface area contributed by atoms with Crippen molar-refractivity contribution in [1.29, 1.82) is 0 Å². The van der Waals surface area contributed by atoms with Crippen molar-refractivity contribution in [2.75, 3.05) is 11.9 Å². The Balaban J connectivity index is 2.11. The lowest BCUT2D eigenvalue weighted by molar-refractivity contribution is 0.313. The van der Waals surface area contributed by atoms with Gasteiger partial charge in [-0.25, -0.2) is 0 Å². The van der Waals surface area contributed by atoms with Crippen LogP contribution in [0.15, 0.2) is 18.2 Å². The molecule has 1 saturated carbocycles. The number of rotatable bonds is 4. The predicted molar refractivity (Wildman–Crippen MR) is 88.5 cm³/mol. The van der Waals surface area contributed by atoms with Crippen LogP contribution in [0.5, 0.6) is 0 Å². The standard InChI is InChI=1S/C16H23BrClN/c1-3-12-4-8-15(9-5-12)19(2)16-10-14(18)7-6-13(16)11-17/h6-7,10,12,15H,3-5,8-9,11H2,1-2H3. The molecule has 1 fully saturated rings. The van der Waals surface area contributed by atoms with Crippen LogP contribution in [-0.2, 0) is 5.33 Å². The molecule has 0 aromatic heterocycles. The number of benzene rings is 1. The van der Waals surface area contributed by atoms with Crippen molar-refractivity contribution < 1.29 is 0 Å². The third-order valence-corrected chi connectivity index (χ3v) is 5.35. The summed E-state index contributed by atoms with van der Waals surface area (Å²) < 4.78 is 0. The minimum atomic E-state index is 0.666. The van der Waals surface area contributed by atoms with Gasteiger partial charge < -0.3 is 4.90 Å². The van der Waals surface area contributed by atoms with E-state index in [1.165, 1.54) is 43.4 Å². The van der Waals surface area contributed by atoms with Crippen molar-refractivity contribution in [1.82, 2.24) is 0 Å². The Morgan fingerprint density at radius 3 is 2.53 bits per heavy atom. The zero-order chi connectivity index (χ0) is 13.8. The summed E-state index contributed by atoms with van der Waals surface area (Å²) in [5.41, 5.74) is 2.61. The van der Waals surface area contributed by atoms with E-state index >= 15 is 0 Å². The molecule has 0 spiro atoms. The quantitative estimate of drug-likeness (QED) is 0.639. The van der Waals surface area contributed by atoms with E-state index in [-0.39, 0.29) is 0 Å². The number of hydrogen-bond acceptors (Lipinski definition) is 1. The fourth-order valence-electron chi connectivity index (χ4n) is 3.12. The Morgan fingerprint density at radius 1 is 1.26 bits per heavy atom. The van der Waals surface area contributed by atoms with Gasteiger partial charge in [0.15, 0.2) is 0 Å². The summed E-state index contributed by atoms with van der Waals surface area (Å²) in [7, 11) is 2.22. The molecule has 1 aliphatic carbocycles. The Morgan fingerprint density at radius 2 is 1.95 bits per heavy atom. The molecule has 0 N–H and O–H groups in total. The molecule has 1 aromatic rings. The van der Waals surface area contributed by atoms with Gasteiger partial charge in [-0.2, -0.15) is 0 Å². The fourth-order valence-corrected chi connectivity index (χ4v) is 3.76. The maximum absolute atomic E-state index is 6.16. The molecule has 0 heterocycles. The highest BCUT2D eigenvalue weighted by Crippen LogP contribution is 2.34. The van der Waals surface area contributed by atoms with Crippen molar-refractivity contribution >= 4 is 33.2 Å². The highest BCUT2D eigenvalue weighted by Gasteiger charge is 2.24. The second kappa shape index (κ2) is 6.99. The van der Waals surface area contributed by atoms with Gasteiger partial charge in [0.1, 0.15) is 0 Å². The summed E-state index contributed by atoms with van der Waals surface area (Å²) in [4.78, 5) is 2.44. The average molecular weight is 345 g/mol. The van der Waals surface area contributed by atoms with Gasteiger partial charge in [-0.3, -0.25) is 0 Å². The smallest absolute Gasteiger partial charge is 0.0426 e. The summed E-state index contributed by atoms with van der Waals surface area (Å²) in [6.45, 7) is 2.31. The van der Waals surface area contributed by atoms with Crippen LogP contribution < -0.4 is 4.90 Å². The molecule has 2 rings (SSSR count). The van der Waals surface area contributed by atoms with E-state index < -0.39 is 0 Å². The van der Waals surface area contributed by atoms with Crippen LogP contribution in [0.1, 0.15) is 44.6 Å². The van der Waals surface area contributed by atoms with Gasteiger partial charge >= 0.3 is 0 Å². The molecule has 1 aliphatic rings. The first-order valence-corrected chi connectivity index (χ1v) is 8.72. The van der Waals surface area contributed by atoms with E-state index in [0.29, 0.717) is 6.04 Å². The van der Waals surface area contributed by atoms with E-state index in [1.807, 2.05) is 6.07 Å². The summed E-state index contributed by atoms with van der Waals surface area (Å²) >= 11 is 9.74. The van der Waals surface area contributed by atoms with Crippen LogP contribution in [0.25, 0.3) is 0 Å². The number of nitrogens with zero attached hydrogens (tertiary/aromatic N) is 1. The molecular weight excluding hydrogens is 322 g/mol. The lowest BCUT2D eigenvalue weighted by atomic mass is 9.84. The maximum atomic E-state index is 6.16. The fraction of sp³-hybridized carbons (Fsp3) is 0.625. The first-order valence-electron chi connectivity index (χ1n) is 7.23. The van der Waals surface area contributed by atoms with Gasteiger partial charge in [0, 0.05) is 29.1 Å². The van der Waals surface area contributed by atoms with Crippen LogP contribution in [0.2, 0.25) is 5.02 Å². The number of anilines is 1. The molecule has 3 heteroatoms. The lowest BCUT2D eigenvalue weighted by Crippen LogP contribution is -2.35. The van der Waals surface area contributed by atoms with E-state index in [9.17, 15) is 0 Å². The van der Waals surface area contributed by atoms with E-state index in [1.54, 1.807) is 0 Å². The van der Waals surface area contributed by atoms with Crippen molar-refractivity contribution in [3.05, 3.63) is 28.8 Å². The summed E-state index contributed by atoms with van der Waals surface area (Å²) in [5, 5.41) is 1.71. The lowest BCUT2D eigenvalue weighted by Gasteiger charge is -2.36. The number of halogens is 2. The first-order chi connectivity index (χ1) is 9.15. The van der Waals surface area contributed by atoms with Crippen molar-refractivity contribution in [3.8, 4) is 0 Å². The zero-order valence-electron chi connectivity index (χ0n) is 11.8. The third kappa shape index (κ3) is 3.66. The molecule has 19 heavy (non-hydrogen) atoms. The van der Waals surface area contributed by atoms with E-state index in [4.69, 9.17) is 11.6 Å². The molecule has 0 saturated heterocycles. The Bertz CT molecular complexity index is 413. The van der Waals surface area contributed by atoms with Crippen molar-refractivity contribution in [3.63, 3.8) is 0 Å². The average Bonchev–Trinajstić information content (AvgIpc) is 2.46. The molecule has 0 bridgehead atoms. The Hall–Kier alpha value is -0.210. The Kier molecular flexibility index (Phi) is 5.58. The molecule has 1 nitrogen and oxygen atoms in total. The van der Waals surface area contributed by atoms with Crippen LogP contribution in [0, 0.1) is 5.92 Å². The molecular formula is C16H23BrClN. The highest BCUT2D eigenvalue weighted by atomic mass is 79.9. The minimum absolute atomic E-state index is 0.666. The molecule has 0 radical (unpaired) electrons. The number of hydrogen-bond donors (Lipinski definition) is 0. The van der Waals surface area contributed by atoms with Gasteiger partial charge in [0.05, 0.1) is 0 Å². The maximum Gasteiger partial charge on any atom is 0.0426 e. The first kappa shape index (κ1) is 15.2. The summed E-state index contributed by atoms with van der Waals surface area (Å²) in [5.74, 6) is 0.944. The normalized spacial score (nSPS) is 23.4. The number of alkyl halides is 1. The summed E-state index contributed by atoms with van der Waals surface area (Å²) in [6.07, 6.45) is 6.69. The summed E-state index contributed by atoms with van der Waals surface area (Å²) in [6, 6.07) is 6.87. The van der Waals surface area contributed by atoms with E-state index in [2.05, 4.69) is 46.9 Å². The van der Waals surface area contributed by atoms with Crippen molar-refractivity contribution in [2.45, 2.75) is 50.4 Å². The van der Waals surface area contributed by atoms with Gasteiger partial charge in [-0.15, -0.1) is 0 Å². The molecule has 0 atom stereocenters. The van der Waals surface area contributed by atoms with Gasteiger partial charge in [0.25, 0.3) is 0 Å². The molecule has 0 unspecified atom stereocenters. The van der Waals surface area contributed by atoms with Gasteiger partial charge in [0.2, 0.25) is 0 Å². The molecule has 0 aliphatic heterocycles. The van der Waals surface area contributed by atoms with Gasteiger partial charge in [-0.05, 0) is 49.3 Å². The molecule has 1 aromatic carbocycles. The molecule has 0 amide bonds. The van der Waals surface area contributed by atoms with Crippen LogP contribution >= 0.6 is 27.5 Å².